The van der Waals surface area contributed by atoms with Crippen LogP contribution in [0.15, 0.2) is 17.6 Å². The second-order valence-electron chi connectivity index (χ2n) is 8.22. The Morgan fingerprint density at radius 2 is 2.07 bits per heavy atom. The van der Waals surface area contributed by atoms with Gasteiger partial charge in [0.25, 0.3) is 5.91 Å². The van der Waals surface area contributed by atoms with Crippen LogP contribution in [-0.4, -0.2) is 66.0 Å². The highest BCUT2D eigenvalue weighted by Crippen LogP contribution is 2.28. The van der Waals surface area contributed by atoms with Gasteiger partial charge in [-0.25, -0.2) is 4.98 Å². The minimum absolute atomic E-state index is 0.0529. The summed E-state index contributed by atoms with van der Waals surface area (Å²) >= 11 is 1.65. The molecule has 6 heterocycles. The van der Waals surface area contributed by atoms with Gasteiger partial charge in [-0.3, -0.25) is 9.69 Å². The molecule has 4 aliphatic rings. The smallest absolute Gasteiger partial charge is 0.270 e. The lowest BCUT2D eigenvalue weighted by Crippen LogP contribution is -2.57. The normalized spacial score (nSPS) is 26.9. The molecule has 5 nitrogen and oxygen atoms in total. The van der Waals surface area contributed by atoms with E-state index in [4.69, 9.17) is 0 Å². The van der Waals surface area contributed by atoms with Gasteiger partial charge in [0, 0.05) is 35.1 Å². The number of hydrogen-bond donors (Lipinski definition) is 1. The van der Waals surface area contributed by atoms with Crippen LogP contribution in [0.25, 0.3) is 10.1 Å². The van der Waals surface area contributed by atoms with E-state index in [0.29, 0.717) is 11.6 Å². The van der Waals surface area contributed by atoms with Crippen molar-refractivity contribution in [2.24, 2.45) is 5.92 Å². The highest BCUT2D eigenvalue weighted by Gasteiger charge is 2.35. The fraction of sp³-hybridized carbons (Fsp3) is 0.545. The first kappa shape index (κ1) is 18.1. The minimum atomic E-state index is -0.0529. The standard InChI is InChI=1S/C22H26N4OS/c27-22(24-20-14-26-10-5-16(20)6-11-26)19-12-18-17(15-28-21(18)13-23-19)4-3-9-25-7-1-2-8-25/h12-13,15-16,20H,1-2,5-11,14H2,(H,24,27). The molecular formula is C22H26N4OS. The van der Waals surface area contributed by atoms with Gasteiger partial charge in [-0.15, -0.1) is 11.3 Å². The highest BCUT2D eigenvalue weighted by atomic mass is 32.1. The molecule has 1 N–H and O–H groups in total. The molecule has 2 aromatic rings. The van der Waals surface area contributed by atoms with Crippen LogP contribution < -0.4 is 5.32 Å². The zero-order chi connectivity index (χ0) is 18.9. The molecule has 1 amide bonds. The van der Waals surface area contributed by atoms with Crippen molar-refractivity contribution in [3.05, 3.63) is 28.9 Å². The van der Waals surface area contributed by atoms with Crippen LogP contribution in [0.5, 0.6) is 0 Å². The summed E-state index contributed by atoms with van der Waals surface area (Å²) in [6.45, 7) is 6.48. The van der Waals surface area contributed by atoms with Gasteiger partial charge in [-0.2, -0.15) is 0 Å². The lowest BCUT2D eigenvalue weighted by atomic mass is 9.84. The summed E-state index contributed by atoms with van der Waals surface area (Å²) in [7, 11) is 0. The summed E-state index contributed by atoms with van der Waals surface area (Å²) in [5.41, 5.74) is 1.52. The molecule has 0 spiro atoms. The van der Waals surface area contributed by atoms with Crippen molar-refractivity contribution in [1.29, 1.82) is 0 Å². The first-order valence-corrected chi connectivity index (χ1v) is 11.3. The Balaban J connectivity index is 1.31. The number of nitrogens with zero attached hydrogens (tertiary/aromatic N) is 3. The van der Waals surface area contributed by atoms with Crippen molar-refractivity contribution < 1.29 is 4.79 Å². The Morgan fingerprint density at radius 3 is 2.82 bits per heavy atom. The average molecular weight is 395 g/mol. The maximum atomic E-state index is 12.8. The van der Waals surface area contributed by atoms with E-state index in [9.17, 15) is 4.79 Å². The van der Waals surface area contributed by atoms with Gasteiger partial charge in [0.2, 0.25) is 0 Å². The molecule has 28 heavy (non-hydrogen) atoms. The van der Waals surface area contributed by atoms with Gasteiger partial charge < -0.3 is 10.2 Å². The maximum absolute atomic E-state index is 12.8. The van der Waals surface area contributed by atoms with E-state index in [1.165, 1.54) is 38.8 Å². The molecule has 0 radical (unpaired) electrons. The summed E-state index contributed by atoms with van der Waals surface area (Å²) in [5.74, 6) is 7.19. The molecule has 6 rings (SSSR count). The summed E-state index contributed by atoms with van der Waals surface area (Å²) in [4.78, 5) is 22.1. The predicted molar refractivity (Wildman–Crippen MR) is 113 cm³/mol. The Bertz CT molecular complexity index is 929. The number of pyridine rings is 1. The van der Waals surface area contributed by atoms with Crippen molar-refractivity contribution in [2.75, 3.05) is 39.3 Å². The molecule has 1 atom stereocenters. The molecule has 4 fully saturated rings. The number of fused-ring (bicyclic) bond motifs is 4. The molecule has 0 aromatic carbocycles. The Hall–Kier alpha value is -1.94. The Labute approximate surface area is 170 Å². The number of thiophene rings is 1. The number of nitrogens with one attached hydrogen (secondary N) is 1. The number of likely N-dealkylation sites (tertiary alicyclic amines) is 1. The second kappa shape index (κ2) is 7.82. The van der Waals surface area contributed by atoms with Crippen LogP contribution in [0.2, 0.25) is 0 Å². The van der Waals surface area contributed by atoms with E-state index >= 15 is 0 Å². The fourth-order valence-corrected chi connectivity index (χ4v) is 5.55. The maximum Gasteiger partial charge on any atom is 0.270 e. The third-order valence-electron chi connectivity index (χ3n) is 6.39. The topological polar surface area (TPSA) is 48.5 Å². The Kier molecular flexibility index (Phi) is 5.06. The zero-order valence-electron chi connectivity index (χ0n) is 16.1. The van der Waals surface area contributed by atoms with Crippen molar-refractivity contribution in [3.8, 4) is 11.8 Å². The fourth-order valence-electron chi connectivity index (χ4n) is 4.71. The third-order valence-corrected chi connectivity index (χ3v) is 7.32. The number of aromatic nitrogens is 1. The number of hydrogen-bond acceptors (Lipinski definition) is 5. The largest absolute Gasteiger partial charge is 0.346 e. The van der Waals surface area contributed by atoms with Crippen LogP contribution in [0.1, 0.15) is 41.7 Å². The number of carbonyl (C=O) groups excluding carboxylic acids is 1. The average Bonchev–Trinajstić information content (AvgIpc) is 3.39. The predicted octanol–water partition coefficient (Wildman–Crippen LogP) is 2.57. The number of amides is 1. The summed E-state index contributed by atoms with van der Waals surface area (Å²) in [6, 6.07) is 2.18. The first-order chi connectivity index (χ1) is 13.8. The van der Waals surface area contributed by atoms with Crippen molar-refractivity contribution in [1.82, 2.24) is 20.1 Å². The monoisotopic (exact) mass is 394 g/mol. The van der Waals surface area contributed by atoms with Crippen molar-refractivity contribution in [2.45, 2.75) is 31.7 Å². The van der Waals surface area contributed by atoms with E-state index in [0.717, 1.165) is 41.8 Å². The molecular weight excluding hydrogens is 368 g/mol. The summed E-state index contributed by atoms with van der Waals surface area (Å²) in [6.07, 6.45) is 6.77. The van der Waals surface area contributed by atoms with E-state index in [1.54, 1.807) is 11.3 Å². The van der Waals surface area contributed by atoms with Crippen LogP contribution in [0.4, 0.5) is 0 Å². The number of rotatable bonds is 3. The molecule has 0 saturated carbocycles. The van der Waals surface area contributed by atoms with Gasteiger partial charge >= 0.3 is 0 Å². The lowest BCUT2D eigenvalue weighted by molar-refractivity contribution is 0.0618. The van der Waals surface area contributed by atoms with E-state index in [2.05, 4.69) is 37.3 Å². The van der Waals surface area contributed by atoms with E-state index in [1.807, 2.05) is 12.3 Å². The highest BCUT2D eigenvalue weighted by molar-refractivity contribution is 7.17. The number of carbonyl (C=O) groups is 1. The molecule has 0 aliphatic carbocycles. The number of piperidine rings is 3. The van der Waals surface area contributed by atoms with Crippen LogP contribution in [-0.2, 0) is 0 Å². The van der Waals surface area contributed by atoms with Crippen molar-refractivity contribution >= 4 is 27.3 Å². The molecule has 2 bridgehead atoms. The van der Waals surface area contributed by atoms with Crippen LogP contribution in [0.3, 0.4) is 0 Å². The zero-order valence-corrected chi connectivity index (χ0v) is 16.9. The molecule has 146 valence electrons. The molecule has 2 aromatic heterocycles. The van der Waals surface area contributed by atoms with E-state index in [-0.39, 0.29) is 11.9 Å². The minimum Gasteiger partial charge on any atom is -0.346 e. The quantitative estimate of drug-likeness (QED) is 0.813. The summed E-state index contributed by atoms with van der Waals surface area (Å²) < 4.78 is 1.09. The van der Waals surface area contributed by atoms with E-state index < -0.39 is 0 Å². The lowest BCUT2D eigenvalue weighted by Gasteiger charge is -2.44. The summed E-state index contributed by atoms with van der Waals surface area (Å²) in [5, 5.41) is 6.37. The first-order valence-electron chi connectivity index (χ1n) is 10.4. The van der Waals surface area contributed by atoms with Gasteiger partial charge in [0.05, 0.1) is 11.2 Å². The Morgan fingerprint density at radius 1 is 1.25 bits per heavy atom. The van der Waals surface area contributed by atoms with Gasteiger partial charge in [-0.1, -0.05) is 11.8 Å². The van der Waals surface area contributed by atoms with Gasteiger partial charge in [-0.05, 0) is 63.8 Å². The molecule has 1 unspecified atom stereocenters. The second-order valence-corrected chi connectivity index (χ2v) is 9.13. The third kappa shape index (κ3) is 3.67. The van der Waals surface area contributed by atoms with Gasteiger partial charge in [0.15, 0.2) is 0 Å². The van der Waals surface area contributed by atoms with Crippen LogP contribution in [0, 0.1) is 17.8 Å². The van der Waals surface area contributed by atoms with Crippen LogP contribution >= 0.6 is 11.3 Å². The molecule has 6 heteroatoms. The SMILES string of the molecule is O=C(NC1CN2CCC1CC2)c1cc2c(C#CCN3CCCC3)csc2cn1. The molecule has 4 aliphatic heterocycles. The molecule has 4 saturated heterocycles. The van der Waals surface area contributed by atoms with Crippen molar-refractivity contribution in [3.63, 3.8) is 0 Å². The van der Waals surface area contributed by atoms with Gasteiger partial charge in [0.1, 0.15) is 5.69 Å².